The minimum absolute atomic E-state index is 0.411. The summed E-state index contributed by atoms with van der Waals surface area (Å²) in [6, 6.07) is 0. The van der Waals surface area contributed by atoms with Crippen LogP contribution in [-0.2, 0) is 27.7 Å². The summed E-state index contributed by atoms with van der Waals surface area (Å²) in [7, 11) is -10.1. The van der Waals surface area contributed by atoms with Gasteiger partial charge in [-0.3, -0.25) is 0 Å². The van der Waals surface area contributed by atoms with Crippen molar-refractivity contribution >= 4 is 22.0 Å². The highest BCUT2D eigenvalue weighted by Crippen LogP contribution is 2.40. The molecule has 0 N–H and O–H groups in total. The van der Waals surface area contributed by atoms with Crippen LogP contribution in [0.1, 0.15) is 20.8 Å². The predicted molar refractivity (Wildman–Crippen MR) is 70.5 cm³/mol. The van der Waals surface area contributed by atoms with Crippen LogP contribution in [0.3, 0.4) is 0 Å². The number of hydrogen-bond donors (Lipinski definition) is 0. The van der Waals surface area contributed by atoms with E-state index in [1.54, 1.807) is 0 Å². The summed E-state index contributed by atoms with van der Waals surface area (Å²) in [5.74, 6) is -15.0. The van der Waals surface area contributed by atoms with Gasteiger partial charge in [0.2, 0.25) is 0 Å². The minimum atomic E-state index is -5.53. The molecule has 1 saturated heterocycles. The van der Waals surface area contributed by atoms with Gasteiger partial charge in [-0.05, 0) is 0 Å². The third kappa shape index (κ3) is 6.55. The second kappa shape index (κ2) is 8.23. The van der Waals surface area contributed by atoms with Gasteiger partial charge in [0.25, 0.3) is 0 Å². The van der Waals surface area contributed by atoms with Gasteiger partial charge in [-0.25, -0.2) is 0 Å². The summed E-state index contributed by atoms with van der Waals surface area (Å²) in [6.07, 6.45) is -16.6. The molecule has 174 valence electrons. The number of rotatable bonds is 9. The molecule has 1 aliphatic rings. The molecule has 0 aromatic rings. The van der Waals surface area contributed by atoms with Gasteiger partial charge < -0.3 is 27.7 Å². The topological polar surface area (TPSA) is 55.4 Å². The molecule has 21 heteroatoms. The second-order valence-electron chi connectivity index (χ2n) is 5.84. The first-order valence-corrected chi connectivity index (χ1v) is 7.25. The highest BCUT2D eigenvalue weighted by molar-refractivity contribution is 6.67. The largest absolute Gasteiger partial charge is 0.619 e. The van der Waals surface area contributed by atoms with Gasteiger partial charge in [-0.1, -0.05) is 0 Å². The highest BCUT2D eigenvalue weighted by Gasteiger charge is 2.65. The summed E-state index contributed by atoms with van der Waals surface area (Å²) in [5, 5.41) is 0. The van der Waals surface area contributed by atoms with Crippen molar-refractivity contribution in [3.63, 3.8) is 0 Å². The van der Waals surface area contributed by atoms with E-state index in [2.05, 4.69) is 27.7 Å². The van der Waals surface area contributed by atoms with Gasteiger partial charge in [-0.2, -0.15) is 52.7 Å². The van der Waals surface area contributed by atoms with E-state index in [-0.39, 0.29) is 0 Å². The molecular formula is C9H9B3F12O6. The number of alkyl halides is 12. The molecule has 6 nitrogen and oxygen atoms in total. The Hall–Kier alpha value is -0.885. The van der Waals surface area contributed by atoms with E-state index in [4.69, 9.17) is 0 Å². The Labute approximate surface area is 160 Å². The van der Waals surface area contributed by atoms with E-state index in [0.717, 1.165) is 0 Å². The maximum Gasteiger partial charge on any atom is 0.619 e. The van der Waals surface area contributed by atoms with Gasteiger partial charge in [0.05, 0.1) is 0 Å². The van der Waals surface area contributed by atoms with Crippen molar-refractivity contribution in [2.24, 2.45) is 0 Å². The van der Waals surface area contributed by atoms with Gasteiger partial charge >= 0.3 is 58.1 Å². The Balaban J connectivity index is 3.10. The molecule has 0 amide bonds. The lowest BCUT2D eigenvalue weighted by Crippen LogP contribution is -2.60. The van der Waals surface area contributed by atoms with E-state index in [1.807, 2.05) is 0 Å². The number of hydrogen-bond acceptors (Lipinski definition) is 6. The van der Waals surface area contributed by atoms with Crippen LogP contribution in [0.25, 0.3) is 0 Å². The molecule has 0 radical (unpaired) electrons. The normalized spacial score (nSPS) is 18.3. The van der Waals surface area contributed by atoms with Gasteiger partial charge in [0.1, 0.15) is 0 Å². The van der Waals surface area contributed by atoms with E-state index in [9.17, 15) is 52.7 Å². The molecule has 1 rings (SSSR count). The fraction of sp³-hybridized carbons (Fsp3) is 1.00. The lowest BCUT2D eigenvalue weighted by Gasteiger charge is -2.34. The zero-order valence-electron chi connectivity index (χ0n) is 14.7. The molecule has 0 bridgehead atoms. The second-order valence-corrected chi connectivity index (χ2v) is 5.84. The SMILES string of the molecule is CC(F)(F)C(F)(F)OB1OB(OC(F)(F)C(C)(F)F)OB(OC(F)(F)C(C)(F)F)O1. The van der Waals surface area contributed by atoms with E-state index in [1.165, 1.54) is 0 Å². The molecule has 1 aliphatic heterocycles. The van der Waals surface area contributed by atoms with Crippen molar-refractivity contribution in [1.29, 1.82) is 0 Å². The van der Waals surface area contributed by atoms with Gasteiger partial charge in [0, 0.05) is 20.8 Å². The summed E-state index contributed by atoms with van der Waals surface area (Å²) < 4.78 is 177. The highest BCUT2D eigenvalue weighted by atomic mass is 19.3. The maximum atomic E-state index is 13.2. The summed E-state index contributed by atoms with van der Waals surface area (Å²) >= 11 is 0. The quantitative estimate of drug-likeness (QED) is 0.375. The van der Waals surface area contributed by atoms with Crippen molar-refractivity contribution < 1.29 is 80.4 Å². The molecule has 0 unspecified atom stereocenters. The molecule has 1 heterocycles. The monoisotopic (exact) mass is 474 g/mol. The van der Waals surface area contributed by atoms with Gasteiger partial charge in [-0.15, -0.1) is 0 Å². The summed E-state index contributed by atoms with van der Waals surface area (Å²) in [5.41, 5.74) is 0. The fourth-order valence-electron chi connectivity index (χ4n) is 1.21. The van der Waals surface area contributed by atoms with E-state index < -0.39 is 78.8 Å². The van der Waals surface area contributed by atoms with Crippen LogP contribution in [0.5, 0.6) is 0 Å². The predicted octanol–water partition coefficient (Wildman–Crippen LogP) is 3.80. The fourth-order valence-corrected chi connectivity index (χ4v) is 1.21. The zero-order valence-corrected chi connectivity index (χ0v) is 14.7. The van der Waals surface area contributed by atoms with Crippen molar-refractivity contribution in [1.82, 2.24) is 0 Å². The molecule has 0 aromatic heterocycles. The first-order chi connectivity index (χ1) is 13.0. The average molecular weight is 474 g/mol. The smallest absolute Gasteiger partial charge is 0.400 e. The molecule has 0 saturated carbocycles. The zero-order chi connectivity index (χ0) is 24.0. The minimum Gasteiger partial charge on any atom is -0.400 e. The molecule has 0 aliphatic carbocycles. The Morgan fingerprint density at radius 1 is 0.433 bits per heavy atom. The third-order valence-corrected chi connectivity index (χ3v) is 2.93. The van der Waals surface area contributed by atoms with Crippen LogP contribution < -0.4 is 0 Å². The molecule has 30 heavy (non-hydrogen) atoms. The van der Waals surface area contributed by atoms with Crippen molar-refractivity contribution in [3.8, 4) is 0 Å². The first kappa shape index (κ1) is 27.1. The lowest BCUT2D eigenvalue weighted by atomic mass is 9.96. The van der Waals surface area contributed by atoms with Gasteiger partial charge in [0.15, 0.2) is 0 Å². The van der Waals surface area contributed by atoms with Crippen molar-refractivity contribution in [3.05, 3.63) is 0 Å². The molecule has 0 atom stereocenters. The first-order valence-electron chi connectivity index (χ1n) is 7.25. The van der Waals surface area contributed by atoms with Crippen LogP contribution in [0.15, 0.2) is 0 Å². The van der Waals surface area contributed by atoms with Crippen LogP contribution in [0, 0.1) is 0 Å². The van der Waals surface area contributed by atoms with Crippen molar-refractivity contribution in [2.45, 2.75) is 56.9 Å². The van der Waals surface area contributed by atoms with E-state index >= 15 is 0 Å². The average Bonchev–Trinajstić information content (AvgIpc) is 2.41. The molecule has 1 fully saturated rings. The summed E-state index contributed by atoms with van der Waals surface area (Å²) in [6.45, 7) is -1.23. The van der Waals surface area contributed by atoms with Crippen LogP contribution in [0.2, 0.25) is 0 Å². The third-order valence-electron chi connectivity index (χ3n) is 2.93. The Morgan fingerprint density at radius 3 is 0.733 bits per heavy atom. The molecule has 0 spiro atoms. The standard InChI is InChI=1S/C9H9B3F12O6/c1-4(13,14)7(19,20)25-10-28-11(26-8(21,22)5(2,15)16)30-12(29-10)27-9(23,24)6(3,17)18/h1-3H3. The molecular weight excluding hydrogens is 465 g/mol. The summed E-state index contributed by atoms with van der Waals surface area (Å²) in [4.78, 5) is 0. The van der Waals surface area contributed by atoms with Crippen LogP contribution >= 0.6 is 0 Å². The van der Waals surface area contributed by atoms with E-state index in [0.29, 0.717) is 0 Å². The molecule has 0 aromatic carbocycles. The Kier molecular flexibility index (Phi) is 7.45. The number of halogens is 12. The lowest BCUT2D eigenvalue weighted by molar-refractivity contribution is -0.326. The Morgan fingerprint density at radius 2 is 0.600 bits per heavy atom. The maximum absolute atomic E-state index is 13.2. The van der Waals surface area contributed by atoms with Crippen LogP contribution in [0.4, 0.5) is 52.7 Å². The Bertz CT molecular complexity index is 507. The van der Waals surface area contributed by atoms with Crippen LogP contribution in [-0.4, -0.2) is 58.1 Å². The van der Waals surface area contributed by atoms with Crippen molar-refractivity contribution in [2.75, 3.05) is 0 Å².